The lowest BCUT2D eigenvalue weighted by molar-refractivity contribution is -0.120. The van der Waals surface area contributed by atoms with Gasteiger partial charge in [-0.05, 0) is 45.7 Å². The third kappa shape index (κ3) is 9.34. The van der Waals surface area contributed by atoms with Crippen LogP contribution in [0.4, 0.5) is 15.0 Å². The van der Waals surface area contributed by atoms with E-state index < -0.39 is 23.4 Å². The van der Waals surface area contributed by atoms with Gasteiger partial charge in [-0.2, -0.15) is 5.10 Å². The first-order valence-corrected chi connectivity index (χ1v) is 13.8. The third-order valence-electron chi connectivity index (χ3n) is 6.32. The van der Waals surface area contributed by atoms with Gasteiger partial charge in [0.25, 0.3) is 5.91 Å². The van der Waals surface area contributed by atoms with Gasteiger partial charge in [0, 0.05) is 48.8 Å². The molecule has 1 atom stereocenters. The largest absolute Gasteiger partial charge is 0.444 e. The molecule has 1 aliphatic carbocycles. The van der Waals surface area contributed by atoms with Crippen LogP contribution in [-0.4, -0.2) is 57.8 Å². The number of anilines is 1. The Kier molecular flexibility index (Phi) is 10.9. The molecule has 10 nitrogen and oxygen atoms in total. The Balaban J connectivity index is 1.73. The summed E-state index contributed by atoms with van der Waals surface area (Å²) in [6.07, 6.45) is 8.77. The maximum Gasteiger partial charge on any atom is 0.408 e. The Hall–Kier alpha value is -3.86. The minimum absolute atomic E-state index is 0.113. The van der Waals surface area contributed by atoms with Crippen molar-refractivity contribution in [2.45, 2.75) is 64.8 Å². The number of ether oxygens (including phenoxy) is 1. The molecule has 12 heteroatoms. The highest BCUT2D eigenvalue weighted by molar-refractivity contribution is 6.29. The summed E-state index contributed by atoms with van der Waals surface area (Å²) in [6.45, 7) is 4.97. The number of hydrogen-bond donors (Lipinski definition) is 3. The number of allylic oxidation sites excluding steroid dienone is 3. The van der Waals surface area contributed by atoms with Crippen LogP contribution in [0, 0.1) is 5.82 Å². The van der Waals surface area contributed by atoms with E-state index in [1.54, 1.807) is 49.7 Å². The Bertz CT molecular complexity index is 1320. The summed E-state index contributed by atoms with van der Waals surface area (Å²) in [7, 11) is 3.60. The number of hydrogen-bond acceptors (Lipinski definition) is 6. The Morgan fingerprint density at radius 3 is 2.66 bits per heavy atom. The molecule has 2 aromatic rings. The second-order valence-electron chi connectivity index (χ2n) is 10.7. The molecule has 1 aromatic heterocycles. The number of nitrogens with zero attached hydrogens (tertiary/aromatic N) is 3. The van der Waals surface area contributed by atoms with Gasteiger partial charge < -0.3 is 25.6 Å². The fraction of sp³-hybridized carbons (Fsp3) is 0.448. The molecule has 1 aliphatic rings. The van der Waals surface area contributed by atoms with Gasteiger partial charge in [-0.1, -0.05) is 35.9 Å². The molecule has 1 aromatic carbocycles. The SMILES string of the molecule is CNc1c(CN(C(=O)c2ccc(CNC(=O)CNC(=O)OC(C)(C)C)c(F)c2)C2/C=C\C/C(Cl)=C\CC2)cnn1C. The van der Waals surface area contributed by atoms with Crippen molar-refractivity contribution in [1.29, 1.82) is 0 Å². The fourth-order valence-electron chi connectivity index (χ4n) is 4.34. The first kappa shape index (κ1) is 31.7. The summed E-state index contributed by atoms with van der Waals surface area (Å²) in [5.41, 5.74) is 0.520. The average molecular weight is 589 g/mol. The predicted molar refractivity (Wildman–Crippen MR) is 156 cm³/mol. The van der Waals surface area contributed by atoms with Crippen molar-refractivity contribution in [1.82, 2.24) is 25.3 Å². The van der Waals surface area contributed by atoms with Gasteiger partial charge >= 0.3 is 6.09 Å². The minimum atomic E-state index is -0.724. The molecule has 3 amide bonds. The molecule has 0 aliphatic heterocycles. The molecule has 3 rings (SSSR count). The monoisotopic (exact) mass is 588 g/mol. The summed E-state index contributed by atoms with van der Waals surface area (Å²) < 4.78 is 21.9. The van der Waals surface area contributed by atoms with E-state index in [4.69, 9.17) is 16.3 Å². The van der Waals surface area contributed by atoms with Crippen molar-refractivity contribution in [2.75, 3.05) is 18.9 Å². The molecule has 222 valence electrons. The number of carbonyl (C=O) groups is 3. The number of benzene rings is 1. The highest BCUT2D eigenvalue weighted by Gasteiger charge is 2.26. The summed E-state index contributed by atoms with van der Waals surface area (Å²) >= 11 is 6.20. The van der Waals surface area contributed by atoms with Gasteiger partial charge in [0.05, 0.1) is 18.8 Å². The zero-order valence-electron chi connectivity index (χ0n) is 24.1. The number of alkyl carbamates (subject to hydrolysis) is 1. The van der Waals surface area contributed by atoms with Gasteiger partial charge in [0.2, 0.25) is 5.91 Å². The van der Waals surface area contributed by atoms with Crippen LogP contribution in [0.25, 0.3) is 0 Å². The van der Waals surface area contributed by atoms with E-state index in [1.807, 2.05) is 25.3 Å². The van der Waals surface area contributed by atoms with Gasteiger partial charge in [-0.15, -0.1) is 0 Å². The molecule has 0 radical (unpaired) electrons. The van der Waals surface area contributed by atoms with Crippen molar-refractivity contribution in [3.05, 3.63) is 70.2 Å². The number of amides is 3. The number of halogens is 2. The topological polar surface area (TPSA) is 118 Å². The van der Waals surface area contributed by atoms with Crippen LogP contribution < -0.4 is 16.0 Å². The zero-order chi connectivity index (χ0) is 30.2. The maximum atomic E-state index is 15.1. The molecule has 0 fully saturated rings. The van der Waals surface area contributed by atoms with Gasteiger partial charge in [-0.3, -0.25) is 14.3 Å². The van der Waals surface area contributed by atoms with Crippen molar-refractivity contribution >= 4 is 35.3 Å². The van der Waals surface area contributed by atoms with Gasteiger partial charge in [-0.25, -0.2) is 9.18 Å². The second-order valence-corrected chi connectivity index (χ2v) is 11.2. The lowest BCUT2D eigenvalue weighted by atomic mass is 10.0. The van der Waals surface area contributed by atoms with E-state index in [-0.39, 0.29) is 42.7 Å². The smallest absolute Gasteiger partial charge is 0.408 e. The number of aryl methyl sites for hydroxylation is 1. The number of rotatable bonds is 9. The number of carbonyl (C=O) groups excluding carboxylic acids is 3. The average Bonchev–Trinajstić information content (AvgIpc) is 3.24. The molecule has 0 saturated carbocycles. The van der Waals surface area contributed by atoms with E-state index in [0.717, 1.165) is 16.4 Å². The van der Waals surface area contributed by atoms with E-state index in [0.29, 0.717) is 19.3 Å². The van der Waals surface area contributed by atoms with E-state index in [9.17, 15) is 14.4 Å². The maximum absolute atomic E-state index is 15.1. The lowest BCUT2D eigenvalue weighted by Crippen LogP contribution is -2.39. The van der Waals surface area contributed by atoms with Gasteiger partial charge in [0.15, 0.2) is 0 Å². The molecule has 1 heterocycles. The molecule has 0 spiro atoms. The first-order chi connectivity index (χ1) is 19.4. The van der Waals surface area contributed by atoms with Crippen LogP contribution in [0.2, 0.25) is 0 Å². The molecular weight excluding hydrogens is 551 g/mol. The Labute approximate surface area is 244 Å². The normalized spacial score (nSPS) is 17.3. The fourth-order valence-corrected chi connectivity index (χ4v) is 4.54. The summed E-state index contributed by atoms with van der Waals surface area (Å²) in [5, 5.41) is 13.1. The lowest BCUT2D eigenvalue weighted by Gasteiger charge is -2.31. The highest BCUT2D eigenvalue weighted by Crippen LogP contribution is 2.25. The van der Waals surface area contributed by atoms with Crippen molar-refractivity contribution in [3.63, 3.8) is 0 Å². The number of nitrogens with one attached hydrogen (secondary N) is 3. The van der Waals surface area contributed by atoms with E-state index in [1.165, 1.54) is 12.1 Å². The van der Waals surface area contributed by atoms with Crippen LogP contribution in [0.1, 0.15) is 61.5 Å². The van der Waals surface area contributed by atoms with Crippen LogP contribution in [0.3, 0.4) is 0 Å². The van der Waals surface area contributed by atoms with Gasteiger partial charge in [0.1, 0.15) is 23.8 Å². The zero-order valence-corrected chi connectivity index (χ0v) is 24.8. The Morgan fingerprint density at radius 1 is 1.22 bits per heavy atom. The van der Waals surface area contributed by atoms with Crippen LogP contribution in [0.15, 0.2) is 47.7 Å². The van der Waals surface area contributed by atoms with Crippen LogP contribution in [-0.2, 0) is 29.7 Å². The van der Waals surface area contributed by atoms with Crippen molar-refractivity contribution < 1.29 is 23.5 Å². The molecule has 41 heavy (non-hydrogen) atoms. The first-order valence-electron chi connectivity index (χ1n) is 13.4. The summed E-state index contributed by atoms with van der Waals surface area (Å²) in [5.74, 6) is -0.698. The van der Waals surface area contributed by atoms with Crippen LogP contribution >= 0.6 is 11.6 Å². The van der Waals surface area contributed by atoms with Crippen molar-refractivity contribution in [2.24, 2.45) is 7.05 Å². The molecule has 0 saturated heterocycles. The summed E-state index contributed by atoms with van der Waals surface area (Å²) in [4.78, 5) is 39.4. The van der Waals surface area contributed by atoms with E-state index >= 15 is 4.39 Å². The van der Waals surface area contributed by atoms with E-state index in [2.05, 4.69) is 21.0 Å². The number of aromatic nitrogens is 2. The van der Waals surface area contributed by atoms with Crippen LogP contribution in [0.5, 0.6) is 0 Å². The minimum Gasteiger partial charge on any atom is -0.444 e. The molecule has 0 bridgehead atoms. The van der Waals surface area contributed by atoms with Crippen molar-refractivity contribution in [3.8, 4) is 0 Å². The molecular formula is C29H38ClFN6O4. The predicted octanol–water partition coefficient (Wildman–Crippen LogP) is 4.62. The highest BCUT2D eigenvalue weighted by atomic mass is 35.5. The Morgan fingerprint density at radius 2 is 1.98 bits per heavy atom. The second kappa shape index (κ2) is 14.2. The molecule has 1 unspecified atom stereocenters. The standard InChI is InChI=1S/C29H38ClFN6O4/c1-29(2,3)41-28(40)34-17-25(38)33-15-20-13-12-19(14-24(20)31)27(39)37(18-21-16-35-36(5)26(21)32-4)23-10-6-8-22(30)9-7-11-23/h6,9-10,12-14,16,23,32H,7-8,11,15,17-18H2,1-5H3,(H,33,38)(H,34,40)/b10-6-,22-9+. The quantitative estimate of drug-likeness (QED) is 0.368. The third-order valence-corrected chi connectivity index (χ3v) is 6.63. The summed E-state index contributed by atoms with van der Waals surface area (Å²) in [6, 6.07) is 3.96. The molecule has 3 N–H and O–H groups in total.